The Bertz CT molecular complexity index is 1150. The first kappa shape index (κ1) is 15.7. The summed E-state index contributed by atoms with van der Waals surface area (Å²) in [6, 6.07) is 9.47. The standard InChI is InChI=1S/C20H17N5O2/c1-21-18-13-9-22-17(25-19(26)11-6-7-11)8-12(13)14(10-23-18)20-24-15-4-2-3-5-16(15)27-20/h2-5,8-11H,6-7H2,1H3,(H,21,23)(H,22,25,26). The van der Waals surface area contributed by atoms with Gasteiger partial charge >= 0.3 is 0 Å². The summed E-state index contributed by atoms with van der Waals surface area (Å²) in [6.45, 7) is 0. The van der Waals surface area contributed by atoms with Gasteiger partial charge in [-0.05, 0) is 31.0 Å². The molecule has 1 fully saturated rings. The number of hydrogen-bond donors (Lipinski definition) is 2. The van der Waals surface area contributed by atoms with Crippen LogP contribution in [0.4, 0.5) is 11.6 Å². The molecular weight excluding hydrogens is 342 g/mol. The number of nitrogens with zero attached hydrogens (tertiary/aromatic N) is 3. The molecule has 1 aliphatic carbocycles. The molecule has 3 heterocycles. The van der Waals surface area contributed by atoms with E-state index < -0.39 is 0 Å². The third kappa shape index (κ3) is 2.77. The van der Waals surface area contributed by atoms with Gasteiger partial charge in [0.25, 0.3) is 0 Å². The van der Waals surface area contributed by atoms with Crippen molar-refractivity contribution < 1.29 is 9.21 Å². The van der Waals surface area contributed by atoms with Gasteiger partial charge in [-0.1, -0.05) is 12.1 Å². The number of carbonyl (C=O) groups excluding carboxylic acids is 1. The number of rotatable bonds is 4. The third-order valence-corrected chi connectivity index (χ3v) is 4.73. The lowest BCUT2D eigenvalue weighted by Crippen LogP contribution is -2.14. The first-order chi connectivity index (χ1) is 13.2. The molecule has 0 bridgehead atoms. The van der Waals surface area contributed by atoms with Crippen LogP contribution in [0.25, 0.3) is 33.3 Å². The van der Waals surface area contributed by atoms with Gasteiger partial charge in [-0.2, -0.15) is 0 Å². The smallest absolute Gasteiger partial charge is 0.229 e. The lowest BCUT2D eigenvalue weighted by molar-refractivity contribution is -0.117. The molecule has 1 saturated carbocycles. The molecule has 0 spiro atoms. The van der Waals surface area contributed by atoms with E-state index in [9.17, 15) is 4.79 Å². The van der Waals surface area contributed by atoms with Crippen molar-refractivity contribution in [3.05, 3.63) is 42.7 Å². The number of carbonyl (C=O) groups is 1. The summed E-state index contributed by atoms with van der Waals surface area (Å²) in [6.07, 6.45) is 5.33. The maximum Gasteiger partial charge on any atom is 0.229 e. The van der Waals surface area contributed by atoms with Crippen molar-refractivity contribution >= 4 is 39.4 Å². The molecule has 1 aliphatic rings. The minimum atomic E-state index is 0.0214. The predicted molar refractivity (Wildman–Crippen MR) is 103 cm³/mol. The van der Waals surface area contributed by atoms with Crippen LogP contribution in [0, 0.1) is 5.92 Å². The highest BCUT2D eigenvalue weighted by Crippen LogP contribution is 2.34. The molecule has 27 heavy (non-hydrogen) atoms. The monoisotopic (exact) mass is 359 g/mol. The maximum atomic E-state index is 12.1. The Morgan fingerprint density at radius 1 is 1.15 bits per heavy atom. The summed E-state index contributed by atoms with van der Waals surface area (Å²) in [5.74, 6) is 1.85. The normalized spacial score (nSPS) is 13.8. The van der Waals surface area contributed by atoms with Crippen LogP contribution in [0.2, 0.25) is 0 Å². The van der Waals surface area contributed by atoms with Gasteiger partial charge in [0.05, 0.1) is 5.56 Å². The van der Waals surface area contributed by atoms with Crippen molar-refractivity contribution in [3.8, 4) is 11.5 Å². The van der Waals surface area contributed by atoms with Gasteiger partial charge in [0.2, 0.25) is 11.8 Å². The number of nitrogens with one attached hydrogen (secondary N) is 2. The molecule has 0 saturated heterocycles. The molecule has 134 valence electrons. The first-order valence-electron chi connectivity index (χ1n) is 8.86. The second-order valence-corrected chi connectivity index (χ2v) is 6.64. The summed E-state index contributed by atoms with van der Waals surface area (Å²) < 4.78 is 5.93. The van der Waals surface area contributed by atoms with Gasteiger partial charge in [-0.25, -0.2) is 15.0 Å². The van der Waals surface area contributed by atoms with E-state index in [0.29, 0.717) is 17.5 Å². The summed E-state index contributed by atoms with van der Waals surface area (Å²) in [5.41, 5.74) is 2.26. The summed E-state index contributed by atoms with van der Waals surface area (Å²) in [5, 5.41) is 7.67. The molecule has 0 atom stereocenters. The van der Waals surface area contributed by atoms with E-state index in [4.69, 9.17) is 4.42 Å². The molecule has 7 heteroatoms. The van der Waals surface area contributed by atoms with Crippen LogP contribution >= 0.6 is 0 Å². The summed E-state index contributed by atoms with van der Waals surface area (Å²) in [4.78, 5) is 25.5. The highest BCUT2D eigenvalue weighted by atomic mass is 16.3. The van der Waals surface area contributed by atoms with E-state index in [0.717, 1.165) is 40.3 Å². The Hall–Kier alpha value is -3.48. The largest absolute Gasteiger partial charge is 0.436 e. The lowest BCUT2D eigenvalue weighted by Gasteiger charge is -2.10. The molecular formula is C20H17N5O2. The van der Waals surface area contributed by atoms with Crippen LogP contribution in [-0.2, 0) is 4.79 Å². The van der Waals surface area contributed by atoms with Crippen molar-refractivity contribution in [3.63, 3.8) is 0 Å². The fourth-order valence-electron chi connectivity index (χ4n) is 3.13. The number of hydrogen-bond acceptors (Lipinski definition) is 6. The van der Waals surface area contributed by atoms with Crippen LogP contribution in [0.5, 0.6) is 0 Å². The molecule has 0 aliphatic heterocycles. The van der Waals surface area contributed by atoms with Gasteiger partial charge in [0.1, 0.15) is 17.2 Å². The molecule has 3 aromatic heterocycles. The van der Waals surface area contributed by atoms with Crippen molar-refractivity contribution in [1.82, 2.24) is 15.0 Å². The zero-order valence-corrected chi connectivity index (χ0v) is 14.7. The van der Waals surface area contributed by atoms with E-state index in [1.54, 1.807) is 12.4 Å². The number of benzene rings is 1. The number of pyridine rings is 2. The highest BCUT2D eigenvalue weighted by Gasteiger charge is 2.30. The van der Waals surface area contributed by atoms with Gasteiger partial charge in [-0.15, -0.1) is 0 Å². The number of aromatic nitrogens is 3. The number of oxazole rings is 1. The minimum absolute atomic E-state index is 0.0214. The molecule has 4 aromatic rings. The van der Waals surface area contributed by atoms with Crippen molar-refractivity contribution in [2.24, 2.45) is 5.92 Å². The van der Waals surface area contributed by atoms with Gasteiger partial charge in [0.15, 0.2) is 5.58 Å². The lowest BCUT2D eigenvalue weighted by atomic mass is 10.1. The second-order valence-electron chi connectivity index (χ2n) is 6.64. The van der Waals surface area contributed by atoms with Gasteiger partial charge < -0.3 is 15.1 Å². The van der Waals surface area contributed by atoms with Crippen molar-refractivity contribution in [1.29, 1.82) is 0 Å². The zero-order chi connectivity index (χ0) is 18.4. The number of amides is 1. The van der Waals surface area contributed by atoms with Crippen molar-refractivity contribution in [2.45, 2.75) is 12.8 Å². The third-order valence-electron chi connectivity index (χ3n) is 4.73. The topological polar surface area (TPSA) is 92.9 Å². The SMILES string of the molecule is CNc1ncc(-c2nc3ccccc3o2)c2cc(NC(=O)C3CC3)ncc12. The molecule has 2 N–H and O–H groups in total. The predicted octanol–water partition coefficient (Wildman–Crippen LogP) is 3.83. The fraction of sp³-hybridized carbons (Fsp3) is 0.200. The van der Waals surface area contributed by atoms with Crippen LogP contribution in [0.15, 0.2) is 47.1 Å². The Kier molecular flexibility index (Phi) is 3.53. The van der Waals surface area contributed by atoms with Crippen LogP contribution in [0.1, 0.15) is 12.8 Å². The summed E-state index contributed by atoms with van der Waals surface area (Å²) in [7, 11) is 1.81. The van der Waals surface area contributed by atoms with E-state index >= 15 is 0 Å². The average molecular weight is 359 g/mol. The Labute approximate surface area is 154 Å². The van der Waals surface area contributed by atoms with Gasteiger partial charge in [-0.3, -0.25) is 4.79 Å². The minimum Gasteiger partial charge on any atom is -0.436 e. The first-order valence-corrected chi connectivity index (χ1v) is 8.86. The molecule has 5 rings (SSSR count). The van der Waals surface area contributed by atoms with Gasteiger partial charge in [0, 0.05) is 36.1 Å². The zero-order valence-electron chi connectivity index (χ0n) is 14.7. The second kappa shape index (κ2) is 6.05. The van der Waals surface area contributed by atoms with Crippen molar-refractivity contribution in [2.75, 3.05) is 17.7 Å². The van der Waals surface area contributed by atoms with E-state index in [2.05, 4.69) is 25.6 Å². The van der Waals surface area contributed by atoms with E-state index in [1.165, 1.54) is 0 Å². The molecule has 0 radical (unpaired) electrons. The summed E-state index contributed by atoms with van der Waals surface area (Å²) >= 11 is 0. The average Bonchev–Trinajstić information content (AvgIpc) is 3.46. The molecule has 1 aromatic carbocycles. The number of anilines is 2. The van der Waals surface area contributed by atoms with E-state index in [1.807, 2.05) is 37.4 Å². The van der Waals surface area contributed by atoms with Crippen LogP contribution in [0.3, 0.4) is 0 Å². The fourth-order valence-corrected chi connectivity index (χ4v) is 3.13. The maximum absolute atomic E-state index is 12.1. The molecule has 7 nitrogen and oxygen atoms in total. The quantitative estimate of drug-likeness (QED) is 0.575. The highest BCUT2D eigenvalue weighted by molar-refractivity contribution is 6.03. The molecule has 0 unspecified atom stereocenters. The van der Waals surface area contributed by atoms with Crippen LogP contribution < -0.4 is 10.6 Å². The van der Waals surface area contributed by atoms with Crippen LogP contribution in [-0.4, -0.2) is 27.9 Å². The number of fused-ring (bicyclic) bond motifs is 2. The Balaban J connectivity index is 1.66. The number of para-hydroxylation sites is 2. The Morgan fingerprint density at radius 2 is 2.00 bits per heavy atom. The molecule has 1 amide bonds. The Morgan fingerprint density at radius 3 is 2.78 bits per heavy atom. The van der Waals surface area contributed by atoms with E-state index in [-0.39, 0.29) is 11.8 Å².